The summed E-state index contributed by atoms with van der Waals surface area (Å²) in [7, 11) is 0. The van der Waals surface area contributed by atoms with Gasteiger partial charge in [0.05, 0.1) is 5.75 Å². The zero-order valence-corrected chi connectivity index (χ0v) is 16.1. The first-order valence-corrected chi connectivity index (χ1v) is 10.3. The van der Waals surface area contributed by atoms with E-state index in [0.29, 0.717) is 30.4 Å². The summed E-state index contributed by atoms with van der Waals surface area (Å²) in [5.74, 6) is 2.35. The SMILES string of the molecule is C=C(C)CSc1nnc(SCC(=O)Nc2ccc3c(c2)OCCO3)s1. The van der Waals surface area contributed by atoms with Crippen LogP contribution in [0.2, 0.25) is 0 Å². The van der Waals surface area contributed by atoms with Gasteiger partial charge in [0.25, 0.3) is 0 Å². The van der Waals surface area contributed by atoms with Gasteiger partial charge >= 0.3 is 0 Å². The second-order valence-corrected chi connectivity index (χ2v) is 8.70. The Morgan fingerprint density at radius 3 is 2.60 bits per heavy atom. The van der Waals surface area contributed by atoms with Gasteiger partial charge in [0.15, 0.2) is 20.2 Å². The van der Waals surface area contributed by atoms with E-state index in [1.165, 1.54) is 23.1 Å². The second kappa shape index (κ2) is 8.59. The summed E-state index contributed by atoms with van der Waals surface area (Å²) in [5, 5.41) is 11.1. The average molecular weight is 396 g/mol. The van der Waals surface area contributed by atoms with Crippen molar-refractivity contribution in [2.24, 2.45) is 0 Å². The van der Waals surface area contributed by atoms with Gasteiger partial charge in [-0.15, -0.1) is 10.2 Å². The number of rotatable bonds is 7. The minimum absolute atomic E-state index is 0.104. The molecule has 0 atom stereocenters. The minimum atomic E-state index is -0.104. The monoisotopic (exact) mass is 395 g/mol. The van der Waals surface area contributed by atoms with Crippen molar-refractivity contribution < 1.29 is 14.3 Å². The van der Waals surface area contributed by atoms with Crippen LogP contribution >= 0.6 is 34.9 Å². The Balaban J connectivity index is 1.49. The zero-order valence-electron chi connectivity index (χ0n) is 13.6. The molecule has 3 rings (SSSR count). The van der Waals surface area contributed by atoms with Gasteiger partial charge in [0.2, 0.25) is 5.91 Å². The molecule has 1 aromatic carbocycles. The molecule has 1 amide bonds. The Hall–Kier alpha value is -1.71. The van der Waals surface area contributed by atoms with Crippen molar-refractivity contribution in [1.82, 2.24) is 10.2 Å². The fraction of sp³-hybridized carbons (Fsp3) is 0.312. The van der Waals surface area contributed by atoms with Crippen LogP contribution in [-0.2, 0) is 4.79 Å². The molecular formula is C16H17N3O3S3. The summed E-state index contributed by atoms with van der Waals surface area (Å²) in [6.07, 6.45) is 0. The van der Waals surface area contributed by atoms with Crippen LogP contribution in [0.25, 0.3) is 0 Å². The van der Waals surface area contributed by atoms with Crippen LogP contribution in [0, 0.1) is 0 Å². The molecule has 25 heavy (non-hydrogen) atoms. The van der Waals surface area contributed by atoms with E-state index in [1.807, 2.05) is 6.92 Å². The lowest BCUT2D eigenvalue weighted by molar-refractivity contribution is -0.113. The topological polar surface area (TPSA) is 73.3 Å². The maximum Gasteiger partial charge on any atom is 0.234 e. The van der Waals surface area contributed by atoms with Crippen molar-refractivity contribution in [1.29, 1.82) is 0 Å². The van der Waals surface area contributed by atoms with Gasteiger partial charge in [-0.2, -0.15) is 0 Å². The summed E-state index contributed by atoms with van der Waals surface area (Å²) in [6.45, 7) is 6.90. The van der Waals surface area contributed by atoms with Gasteiger partial charge in [-0.05, 0) is 19.1 Å². The molecule has 1 N–H and O–H groups in total. The third kappa shape index (κ3) is 5.38. The maximum atomic E-state index is 12.1. The normalized spacial score (nSPS) is 12.7. The number of fused-ring (bicyclic) bond motifs is 1. The molecule has 0 fully saturated rings. The largest absolute Gasteiger partial charge is 0.486 e. The number of nitrogens with zero attached hydrogens (tertiary/aromatic N) is 2. The van der Waals surface area contributed by atoms with E-state index in [2.05, 4.69) is 22.1 Å². The highest BCUT2D eigenvalue weighted by Crippen LogP contribution is 2.33. The Morgan fingerprint density at radius 2 is 1.88 bits per heavy atom. The van der Waals surface area contributed by atoms with Crippen LogP contribution in [0.1, 0.15) is 6.92 Å². The van der Waals surface area contributed by atoms with Crippen LogP contribution < -0.4 is 14.8 Å². The number of aromatic nitrogens is 2. The number of carbonyl (C=O) groups is 1. The van der Waals surface area contributed by atoms with Crippen molar-refractivity contribution >= 4 is 46.5 Å². The molecule has 2 heterocycles. The Morgan fingerprint density at radius 1 is 1.20 bits per heavy atom. The van der Waals surface area contributed by atoms with Crippen molar-refractivity contribution in [2.75, 3.05) is 30.0 Å². The lowest BCUT2D eigenvalue weighted by Crippen LogP contribution is -2.17. The number of nitrogens with one attached hydrogen (secondary N) is 1. The quantitative estimate of drug-likeness (QED) is 0.566. The Labute approximate surface area is 158 Å². The molecule has 0 aliphatic carbocycles. The fourth-order valence-corrected chi connectivity index (χ4v) is 4.61. The molecule has 0 radical (unpaired) electrons. The molecule has 1 aromatic heterocycles. The third-order valence-corrected chi connectivity index (χ3v) is 6.40. The Kier molecular flexibility index (Phi) is 6.22. The van der Waals surface area contributed by atoms with Gasteiger partial charge < -0.3 is 14.8 Å². The molecule has 6 nitrogen and oxygen atoms in total. The smallest absolute Gasteiger partial charge is 0.234 e. The number of benzene rings is 1. The second-order valence-electron chi connectivity index (χ2n) is 5.27. The van der Waals surface area contributed by atoms with E-state index >= 15 is 0 Å². The van der Waals surface area contributed by atoms with Crippen molar-refractivity contribution in [2.45, 2.75) is 15.6 Å². The molecule has 0 bridgehead atoms. The van der Waals surface area contributed by atoms with Gasteiger partial charge in [0, 0.05) is 17.5 Å². The zero-order chi connectivity index (χ0) is 17.6. The van der Waals surface area contributed by atoms with Crippen molar-refractivity contribution in [3.05, 3.63) is 30.4 Å². The summed E-state index contributed by atoms with van der Waals surface area (Å²) in [6, 6.07) is 5.37. The first-order chi connectivity index (χ1) is 12.1. The lowest BCUT2D eigenvalue weighted by atomic mass is 10.2. The third-order valence-electron chi connectivity index (χ3n) is 2.98. The van der Waals surface area contributed by atoms with Crippen molar-refractivity contribution in [3.8, 4) is 11.5 Å². The highest BCUT2D eigenvalue weighted by molar-refractivity contribution is 8.03. The summed E-state index contributed by atoms with van der Waals surface area (Å²) >= 11 is 4.47. The van der Waals surface area contributed by atoms with E-state index in [0.717, 1.165) is 20.0 Å². The van der Waals surface area contributed by atoms with Crippen molar-refractivity contribution in [3.63, 3.8) is 0 Å². The predicted octanol–water partition coefficient (Wildman–Crippen LogP) is 3.71. The van der Waals surface area contributed by atoms with E-state index in [4.69, 9.17) is 9.47 Å². The summed E-state index contributed by atoms with van der Waals surface area (Å²) in [4.78, 5) is 12.1. The summed E-state index contributed by atoms with van der Waals surface area (Å²) in [5.41, 5.74) is 1.78. The molecule has 2 aromatic rings. The molecule has 0 unspecified atom stereocenters. The molecule has 9 heteroatoms. The lowest BCUT2D eigenvalue weighted by Gasteiger charge is -2.18. The maximum absolute atomic E-state index is 12.1. The van der Waals surface area contributed by atoms with Crippen LogP contribution in [0.5, 0.6) is 11.5 Å². The van der Waals surface area contributed by atoms with E-state index < -0.39 is 0 Å². The fourth-order valence-electron chi connectivity index (χ4n) is 1.94. The van der Waals surface area contributed by atoms with Crippen LogP contribution in [0.3, 0.4) is 0 Å². The average Bonchev–Trinajstić information content (AvgIpc) is 3.06. The van der Waals surface area contributed by atoms with Crippen LogP contribution in [0.15, 0.2) is 39.0 Å². The van der Waals surface area contributed by atoms with Crippen LogP contribution in [0.4, 0.5) is 5.69 Å². The molecule has 1 aliphatic heterocycles. The molecule has 132 valence electrons. The van der Waals surface area contributed by atoms with Gasteiger partial charge in [0.1, 0.15) is 13.2 Å². The van der Waals surface area contributed by atoms with Crippen LogP contribution in [-0.4, -0.2) is 40.8 Å². The number of hydrogen-bond acceptors (Lipinski definition) is 8. The van der Waals surface area contributed by atoms with E-state index in [1.54, 1.807) is 30.0 Å². The first-order valence-electron chi connectivity index (χ1n) is 7.53. The van der Waals surface area contributed by atoms with E-state index in [9.17, 15) is 4.79 Å². The number of anilines is 1. The molecule has 0 spiro atoms. The number of thioether (sulfide) groups is 2. The van der Waals surface area contributed by atoms with Gasteiger partial charge in [-0.25, -0.2) is 0 Å². The summed E-state index contributed by atoms with van der Waals surface area (Å²) < 4.78 is 12.6. The number of amides is 1. The molecule has 1 aliphatic rings. The molecule has 0 saturated heterocycles. The highest BCUT2D eigenvalue weighted by Gasteiger charge is 2.13. The molecule has 0 saturated carbocycles. The number of hydrogen-bond donors (Lipinski definition) is 1. The standard InChI is InChI=1S/C16H17N3O3S3/c1-10(2)8-23-15-18-19-16(25-15)24-9-14(20)17-11-3-4-12-13(7-11)22-6-5-21-12/h3-4,7H,1,5-6,8-9H2,2H3,(H,17,20). The van der Waals surface area contributed by atoms with E-state index in [-0.39, 0.29) is 11.7 Å². The highest BCUT2D eigenvalue weighted by atomic mass is 32.2. The van der Waals surface area contributed by atoms with Gasteiger partial charge in [-0.1, -0.05) is 47.0 Å². The number of ether oxygens (including phenoxy) is 2. The van der Waals surface area contributed by atoms with Gasteiger partial charge in [-0.3, -0.25) is 4.79 Å². The Bertz CT molecular complexity index is 779. The first kappa shape index (κ1) is 18.1. The molecular weight excluding hydrogens is 378 g/mol. The minimum Gasteiger partial charge on any atom is -0.486 e. The predicted molar refractivity (Wildman–Crippen MR) is 102 cm³/mol. The number of carbonyl (C=O) groups excluding carboxylic acids is 1.